The van der Waals surface area contributed by atoms with E-state index in [2.05, 4.69) is 30.3 Å². The summed E-state index contributed by atoms with van der Waals surface area (Å²) in [6.07, 6.45) is 7.15. The van der Waals surface area contributed by atoms with Gasteiger partial charge in [0, 0.05) is 5.54 Å². The van der Waals surface area contributed by atoms with E-state index in [4.69, 9.17) is 16.3 Å². The van der Waals surface area contributed by atoms with Gasteiger partial charge in [0.15, 0.2) is 0 Å². The summed E-state index contributed by atoms with van der Waals surface area (Å²) in [7, 11) is 1.71. The standard InChI is InChI=1S/C15H19ClO/c1-17-15-8-6-14(7-9-15)13-4-2-12(3-5-13)10-11-16/h6-13H,2-5H2,1H3/b11-10+/t12-,13-. The number of hydrogen-bond acceptors (Lipinski definition) is 1. The van der Waals surface area contributed by atoms with E-state index in [1.54, 1.807) is 12.6 Å². The first kappa shape index (κ1) is 12.5. The smallest absolute Gasteiger partial charge is 0.118 e. The fourth-order valence-corrected chi connectivity index (χ4v) is 2.83. The summed E-state index contributed by atoms with van der Waals surface area (Å²) in [6, 6.07) is 8.50. The Bertz CT molecular complexity index is 361. The fourth-order valence-electron chi connectivity index (χ4n) is 2.62. The predicted octanol–water partition coefficient (Wildman–Crippen LogP) is 4.72. The Morgan fingerprint density at radius 2 is 1.76 bits per heavy atom. The number of benzene rings is 1. The highest BCUT2D eigenvalue weighted by atomic mass is 35.5. The van der Waals surface area contributed by atoms with Crippen LogP contribution in [0.2, 0.25) is 0 Å². The SMILES string of the molecule is COc1ccc([C@H]2CC[C@H](/C=C/Cl)CC2)cc1. The fraction of sp³-hybridized carbons (Fsp3) is 0.467. The lowest BCUT2D eigenvalue weighted by Crippen LogP contribution is -2.11. The van der Waals surface area contributed by atoms with Crippen LogP contribution in [-0.2, 0) is 0 Å². The van der Waals surface area contributed by atoms with E-state index in [1.165, 1.54) is 31.2 Å². The predicted molar refractivity (Wildman–Crippen MR) is 72.7 cm³/mol. The lowest BCUT2D eigenvalue weighted by molar-refractivity contribution is 0.375. The van der Waals surface area contributed by atoms with E-state index in [9.17, 15) is 0 Å². The third kappa shape index (κ3) is 3.26. The van der Waals surface area contributed by atoms with Crippen LogP contribution < -0.4 is 4.74 Å². The molecule has 1 aromatic carbocycles. The number of halogens is 1. The van der Waals surface area contributed by atoms with Gasteiger partial charge < -0.3 is 4.74 Å². The van der Waals surface area contributed by atoms with Gasteiger partial charge in [-0.15, -0.1) is 0 Å². The molecule has 0 unspecified atom stereocenters. The van der Waals surface area contributed by atoms with Crippen LogP contribution in [0.5, 0.6) is 5.75 Å². The Hall–Kier alpha value is -0.950. The number of methoxy groups -OCH3 is 1. The molecule has 0 atom stereocenters. The summed E-state index contributed by atoms with van der Waals surface area (Å²) < 4.78 is 5.18. The van der Waals surface area contributed by atoms with Gasteiger partial charge in [0.05, 0.1) is 7.11 Å². The highest BCUT2D eigenvalue weighted by molar-refractivity contribution is 6.25. The van der Waals surface area contributed by atoms with Crippen molar-refractivity contribution in [3.8, 4) is 5.75 Å². The second-order valence-corrected chi connectivity index (χ2v) is 4.96. The molecule has 0 saturated heterocycles. The largest absolute Gasteiger partial charge is 0.497 e. The van der Waals surface area contributed by atoms with Gasteiger partial charge in [-0.1, -0.05) is 29.8 Å². The summed E-state index contributed by atoms with van der Waals surface area (Å²) >= 11 is 5.63. The summed E-state index contributed by atoms with van der Waals surface area (Å²) in [5, 5.41) is 0. The van der Waals surface area contributed by atoms with Crippen molar-refractivity contribution in [3.05, 3.63) is 41.4 Å². The second kappa shape index (κ2) is 6.11. The summed E-state index contributed by atoms with van der Waals surface area (Å²) in [4.78, 5) is 0. The minimum Gasteiger partial charge on any atom is -0.497 e. The van der Waals surface area contributed by atoms with E-state index in [1.807, 2.05) is 0 Å². The van der Waals surface area contributed by atoms with Gasteiger partial charge in [-0.3, -0.25) is 0 Å². The molecule has 1 aromatic rings. The van der Waals surface area contributed by atoms with Gasteiger partial charge in [-0.2, -0.15) is 0 Å². The van der Waals surface area contributed by atoms with Gasteiger partial charge >= 0.3 is 0 Å². The molecule has 0 bridgehead atoms. The van der Waals surface area contributed by atoms with Gasteiger partial charge in [-0.05, 0) is 55.2 Å². The average Bonchev–Trinajstić information content (AvgIpc) is 2.40. The summed E-state index contributed by atoms with van der Waals surface area (Å²) in [6.45, 7) is 0. The molecule has 17 heavy (non-hydrogen) atoms. The minimum atomic E-state index is 0.682. The van der Waals surface area contributed by atoms with Crippen molar-refractivity contribution in [3.63, 3.8) is 0 Å². The zero-order valence-electron chi connectivity index (χ0n) is 10.2. The van der Waals surface area contributed by atoms with Crippen molar-refractivity contribution in [1.29, 1.82) is 0 Å². The topological polar surface area (TPSA) is 9.23 Å². The maximum Gasteiger partial charge on any atom is 0.118 e. The van der Waals surface area contributed by atoms with Crippen molar-refractivity contribution < 1.29 is 4.74 Å². The molecular formula is C15H19ClO. The Balaban J connectivity index is 1.95. The van der Waals surface area contributed by atoms with E-state index in [0.29, 0.717) is 11.8 Å². The van der Waals surface area contributed by atoms with Gasteiger partial charge in [0.25, 0.3) is 0 Å². The Morgan fingerprint density at radius 1 is 1.12 bits per heavy atom. The Labute approximate surface area is 108 Å². The van der Waals surface area contributed by atoms with E-state index in [-0.39, 0.29) is 0 Å². The maximum atomic E-state index is 5.63. The van der Waals surface area contributed by atoms with Crippen LogP contribution in [-0.4, -0.2) is 7.11 Å². The van der Waals surface area contributed by atoms with Crippen LogP contribution in [0.4, 0.5) is 0 Å². The number of ether oxygens (including phenoxy) is 1. The molecule has 0 spiro atoms. The molecular weight excluding hydrogens is 232 g/mol. The molecule has 0 amide bonds. The first-order valence-electron chi connectivity index (χ1n) is 6.24. The molecule has 1 aliphatic rings. The zero-order valence-corrected chi connectivity index (χ0v) is 11.0. The molecule has 1 aliphatic carbocycles. The third-order valence-electron chi connectivity index (χ3n) is 3.70. The van der Waals surface area contributed by atoms with E-state index >= 15 is 0 Å². The molecule has 2 rings (SSSR count). The van der Waals surface area contributed by atoms with Crippen LogP contribution in [0.15, 0.2) is 35.9 Å². The van der Waals surface area contributed by atoms with Crippen molar-refractivity contribution in [2.45, 2.75) is 31.6 Å². The lowest BCUT2D eigenvalue weighted by atomic mass is 9.79. The van der Waals surface area contributed by atoms with E-state index in [0.717, 1.165) is 5.75 Å². The van der Waals surface area contributed by atoms with Gasteiger partial charge in [0.2, 0.25) is 0 Å². The molecule has 0 aliphatic heterocycles. The molecule has 2 heteroatoms. The van der Waals surface area contributed by atoms with Crippen molar-refractivity contribution in [2.75, 3.05) is 7.11 Å². The first-order valence-corrected chi connectivity index (χ1v) is 6.68. The van der Waals surface area contributed by atoms with Crippen molar-refractivity contribution in [2.24, 2.45) is 5.92 Å². The molecule has 0 heterocycles. The van der Waals surface area contributed by atoms with Crippen molar-refractivity contribution >= 4 is 11.6 Å². The third-order valence-corrected chi connectivity index (χ3v) is 3.85. The highest BCUT2D eigenvalue weighted by Crippen LogP contribution is 2.36. The molecule has 0 N–H and O–H groups in total. The molecule has 1 saturated carbocycles. The zero-order chi connectivity index (χ0) is 12.1. The monoisotopic (exact) mass is 250 g/mol. The molecule has 1 nitrogen and oxygen atoms in total. The van der Waals surface area contributed by atoms with Gasteiger partial charge in [-0.25, -0.2) is 0 Å². The summed E-state index contributed by atoms with van der Waals surface area (Å²) in [5.41, 5.74) is 3.11. The normalized spacial score (nSPS) is 25.1. The van der Waals surface area contributed by atoms with Crippen LogP contribution in [0.25, 0.3) is 0 Å². The van der Waals surface area contributed by atoms with E-state index < -0.39 is 0 Å². The maximum absolute atomic E-state index is 5.63. The number of hydrogen-bond donors (Lipinski definition) is 0. The van der Waals surface area contributed by atoms with Crippen LogP contribution in [0, 0.1) is 5.92 Å². The van der Waals surface area contributed by atoms with Crippen LogP contribution in [0.1, 0.15) is 37.2 Å². The molecule has 92 valence electrons. The Morgan fingerprint density at radius 3 is 2.29 bits per heavy atom. The number of rotatable bonds is 3. The quantitative estimate of drug-likeness (QED) is 0.754. The van der Waals surface area contributed by atoms with Gasteiger partial charge in [0.1, 0.15) is 5.75 Å². The Kier molecular flexibility index (Phi) is 4.49. The minimum absolute atomic E-state index is 0.682. The van der Waals surface area contributed by atoms with Crippen LogP contribution in [0.3, 0.4) is 0 Å². The molecule has 0 radical (unpaired) electrons. The first-order chi connectivity index (χ1) is 8.33. The summed E-state index contributed by atoms with van der Waals surface area (Å²) in [5.74, 6) is 2.33. The van der Waals surface area contributed by atoms with Crippen molar-refractivity contribution in [1.82, 2.24) is 0 Å². The number of allylic oxidation sites excluding steroid dienone is 1. The highest BCUT2D eigenvalue weighted by Gasteiger charge is 2.20. The molecule has 0 aromatic heterocycles. The lowest BCUT2D eigenvalue weighted by Gasteiger charge is -2.27. The van der Waals surface area contributed by atoms with Crippen LogP contribution >= 0.6 is 11.6 Å². The average molecular weight is 251 g/mol. The second-order valence-electron chi connectivity index (χ2n) is 4.70. The molecule has 1 fully saturated rings.